The largest absolute Gasteiger partial charge is 0.497 e. The molecule has 31 heavy (non-hydrogen) atoms. The highest BCUT2D eigenvalue weighted by Crippen LogP contribution is 2.34. The molecule has 0 atom stereocenters. The number of ether oxygens (including phenoxy) is 3. The van der Waals surface area contributed by atoms with Crippen molar-refractivity contribution < 1.29 is 28.6 Å². The van der Waals surface area contributed by atoms with E-state index in [1.807, 2.05) is 13.0 Å². The van der Waals surface area contributed by atoms with Crippen LogP contribution in [0.4, 0.5) is 5.69 Å². The molecule has 0 saturated carbocycles. The van der Waals surface area contributed by atoms with E-state index >= 15 is 0 Å². The fourth-order valence-electron chi connectivity index (χ4n) is 2.83. The van der Waals surface area contributed by atoms with Crippen LogP contribution in [0.1, 0.15) is 47.1 Å². The standard InChI is InChI=1S/C23H30N2O6/c1-14-13-30-11-10-16(14)17-9-8-15(12-18(17)29-7)24-19(26)20(27)25-23(5,6)21(28)31-22(2,3)4/h8-10,12-13H,11H2,1-7H3,(H,24,26)(H,25,27). The van der Waals surface area contributed by atoms with Gasteiger partial charge in [-0.15, -0.1) is 0 Å². The summed E-state index contributed by atoms with van der Waals surface area (Å²) in [5, 5.41) is 4.93. The van der Waals surface area contributed by atoms with Crippen molar-refractivity contribution in [2.45, 2.75) is 52.7 Å². The molecule has 1 aromatic rings. The maximum Gasteiger partial charge on any atom is 0.331 e. The average Bonchev–Trinajstić information content (AvgIpc) is 2.66. The molecule has 8 nitrogen and oxygen atoms in total. The molecule has 1 aliphatic rings. The van der Waals surface area contributed by atoms with Gasteiger partial charge in [-0.25, -0.2) is 4.79 Å². The van der Waals surface area contributed by atoms with Crippen molar-refractivity contribution in [1.82, 2.24) is 5.32 Å². The minimum atomic E-state index is -1.37. The summed E-state index contributed by atoms with van der Waals surface area (Å²) in [6, 6.07) is 5.10. The molecule has 0 spiro atoms. The molecule has 1 aromatic carbocycles. The molecule has 2 rings (SSSR count). The van der Waals surface area contributed by atoms with Gasteiger partial charge in [-0.3, -0.25) is 9.59 Å². The van der Waals surface area contributed by atoms with Crippen LogP contribution in [0.25, 0.3) is 5.57 Å². The minimum Gasteiger partial charge on any atom is -0.497 e. The lowest BCUT2D eigenvalue weighted by molar-refractivity contribution is -0.163. The van der Waals surface area contributed by atoms with Gasteiger partial charge in [0.15, 0.2) is 0 Å². The van der Waals surface area contributed by atoms with Crippen LogP contribution in [0.3, 0.4) is 0 Å². The highest BCUT2D eigenvalue weighted by Gasteiger charge is 2.35. The van der Waals surface area contributed by atoms with Crippen molar-refractivity contribution >= 4 is 29.0 Å². The number of allylic oxidation sites excluding steroid dienone is 2. The third-order valence-electron chi connectivity index (χ3n) is 4.36. The first-order chi connectivity index (χ1) is 14.3. The Labute approximate surface area is 182 Å². The number of carbonyl (C=O) groups excluding carboxylic acids is 3. The lowest BCUT2D eigenvalue weighted by Crippen LogP contribution is -2.54. The summed E-state index contributed by atoms with van der Waals surface area (Å²) in [5.41, 5.74) is 1.05. The molecular formula is C23H30N2O6. The van der Waals surface area contributed by atoms with Crippen LogP contribution < -0.4 is 15.4 Å². The van der Waals surface area contributed by atoms with Crippen LogP contribution in [0.2, 0.25) is 0 Å². The maximum atomic E-state index is 12.4. The molecular weight excluding hydrogens is 400 g/mol. The van der Waals surface area contributed by atoms with E-state index in [-0.39, 0.29) is 0 Å². The molecule has 1 heterocycles. The first kappa shape index (κ1) is 24.0. The Balaban J connectivity index is 2.11. The minimum absolute atomic E-state index is 0.380. The average molecular weight is 431 g/mol. The van der Waals surface area contributed by atoms with Gasteiger partial charge >= 0.3 is 17.8 Å². The van der Waals surface area contributed by atoms with Crippen molar-refractivity contribution in [2.24, 2.45) is 0 Å². The first-order valence-corrected chi connectivity index (χ1v) is 9.88. The molecule has 0 fully saturated rings. The Morgan fingerprint density at radius 3 is 2.32 bits per heavy atom. The lowest BCUT2D eigenvalue weighted by atomic mass is 9.97. The summed E-state index contributed by atoms with van der Waals surface area (Å²) < 4.78 is 16.0. The van der Waals surface area contributed by atoms with E-state index in [2.05, 4.69) is 10.6 Å². The maximum absolute atomic E-state index is 12.4. The van der Waals surface area contributed by atoms with E-state index in [9.17, 15) is 14.4 Å². The van der Waals surface area contributed by atoms with Crippen molar-refractivity contribution in [3.63, 3.8) is 0 Å². The Kier molecular flexibility index (Phi) is 7.15. The number of carbonyl (C=O) groups is 3. The number of hydrogen-bond acceptors (Lipinski definition) is 6. The van der Waals surface area contributed by atoms with E-state index in [4.69, 9.17) is 14.2 Å². The third-order valence-corrected chi connectivity index (χ3v) is 4.36. The summed E-state index contributed by atoms with van der Waals surface area (Å²) in [7, 11) is 1.53. The van der Waals surface area contributed by atoms with E-state index < -0.39 is 28.9 Å². The van der Waals surface area contributed by atoms with Crippen LogP contribution in [-0.2, 0) is 23.9 Å². The normalized spacial score (nSPS) is 13.9. The summed E-state index contributed by atoms with van der Waals surface area (Å²) in [6.45, 7) is 10.5. The summed E-state index contributed by atoms with van der Waals surface area (Å²) in [6.07, 6.45) is 3.62. The second-order valence-electron chi connectivity index (χ2n) is 8.70. The first-order valence-electron chi connectivity index (χ1n) is 9.88. The highest BCUT2D eigenvalue weighted by molar-refractivity contribution is 6.40. The van der Waals surface area contributed by atoms with Crippen LogP contribution in [0, 0.1) is 0 Å². The second kappa shape index (κ2) is 9.24. The molecule has 0 bridgehead atoms. The van der Waals surface area contributed by atoms with E-state index in [0.717, 1.165) is 16.7 Å². The summed E-state index contributed by atoms with van der Waals surface area (Å²) in [5.74, 6) is -1.97. The zero-order valence-corrected chi connectivity index (χ0v) is 19.0. The van der Waals surface area contributed by atoms with E-state index in [1.165, 1.54) is 21.0 Å². The fourth-order valence-corrected chi connectivity index (χ4v) is 2.83. The van der Waals surface area contributed by atoms with Crippen molar-refractivity contribution in [2.75, 3.05) is 19.0 Å². The lowest BCUT2D eigenvalue weighted by Gasteiger charge is -2.28. The van der Waals surface area contributed by atoms with Gasteiger partial charge in [0.25, 0.3) is 0 Å². The van der Waals surface area contributed by atoms with E-state index in [0.29, 0.717) is 18.0 Å². The topological polar surface area (TPSA) is 103 Å². The summed E-state index contributed by atoms with van der Waals surface area (Å²) >= 11 is 0. The zero-order chi connectivity index (χ0) is 23.4. The van der Waals surface area contributed by atoms with Gasteiger partial charge in [0.05, 0.1) is 13.4 Å². The Morgan fingerprint density at radius 1 is 1.06 bits per heavy atom. The molecule has 8 heteroatoms. The molecule has 0 aliphatic carbocycles. The van der Waals surface area contributed by atoms with Gasteiger partial charge in [0, 0.05) is 17.3 Å². The molecule has 168 valence electrons. The van der Waals surface area contributed by atoms with Gasteiger partial charge in [0.1, 0.15) is 23.5 Å². The molecule has 0 aromatic heterocycles. The van der Waals surface area contributed by atoms with Gasteiger partial charge in [-0.05, 0) is 70.9 Å². The predicted molar refractivity (Wildman–Crippen MR) is 117 cm³/mol. The number of benzene rings is 1. The Bertz CT molecular complexity index is 938. The van der Waals surface area contributed by atoms with Crippen LogP contribution >= 0.6 is 0 Å². The van der Waals surface area contributed by atoms with E-state index in [1.54, 1.807) is 45.2 Å². The highest BCUT2D eigenvalue weighted by atomic mass is 16.6. The number of nitrogens with one attached hydrogen (secondary N) is 2. The molecule has 2 N–H and O–H groups in total. The predicted octanol–water partition coefficient (Wildman–Crippen LogP) is 3.19. The van der Waals surface area contributed by atoms with Gasteiger partial charge < -0.3 is 24.8 Å². The van der Waals surface area contributed by atoms with Crippen molar-refractivity contribution in [3.8, 4) is 5.75 Å². The van der Waals surface area contributed by atoms with Crippen molar-refractivity contribution in [1.29, 1.82) is 0 Å². The third kappa shape index (κ3) is 6.34. The second-order valence-corrected chi connectivity index (χ2v) is 8.70. The molecule has 0 radical (unpaired) electrons. The number of methoxy groups -OCH3 is 1. The number of amides is 2. The quantitative estimate of drug-likeness (QED) is 0.549. The number of esters is 1. The number of anilines is 1. The Morgan fingerprint density at radius 2 is 1.74 bits per heavy atom. The van der Waals surface area contributed by atoms with Gasteiger partial charge in [0.2, 0.25) is 0 Å². The molecule has 0 unspecified atom stereocenters. The number of hydrogen-bond donors (Lipinski definition) is 2. The van der Waals surface area contributed by atoms with Crippen LogP contribution in [0.5, 0.6) is 5.75 Å². The smallest absolute Gasteiger partial charge is 0.331 e. The number of rotatable bonds is 5. The van der Waals surface area contributed by atoms with Gasteiger partial charge in [-0.2, -0.15) is 0 Å². The molecule has 0 saturated heterocycles. The van der Waals surface area contributed by atoms with Gasteiger partial charge in [-0.1, -0.05) is 0 Å². The van der Waals surface area contributed by atoms with Crippen LogP contribution in [-0.4, -0.2) is 42.6 Å². The Hall–Kier alpha value is -3.29. The molecule has 1 aliphatic heterocycles. The van der Waals surface area contributed by atoms with Crippen LogP contribution in [0.15, 0.2) is 36.1 Å². The zero-order valence-electron chi connectivity index (χ0n) is 19.0. The molecule has 2 amide bonds. The fraction of sp³-hybridized carbons (Fsp3) is 0.435. The monoisotopic (exact) mass is 430 g/mol. The van der Waals surface area contributed by atoms with Crippen molar-refractivity contribution in [3.05, 3.63) is 41.7 Å². The summed E-state index contributed by atoms with van der Waals surface area (Å²) in [4.78, 5) is 37.0. The SMILES string of the molecule is COc1cc(NC(=O)C(=O)NC(C)(C)C(=O)OC(C)(C)C)ccc1C1=CCOC=C1C.